The van der Waals surface area contributed by atoms with Gasteiger partial charge in [-0.15, -0.1) is 11.3 Å². The molecule has 0 spiro atoms. The van der Waals surface area contributed by atoms with Gasteiger partial charge in [-0.05, 0) is 25.5 Å². The van der Waals surface area contributed by atoms with E-state index in [9.17, 15) is 13.2 Å². The number of hydrogen-bond donors (Lipinski definition) is 1. The Morgan fingerprint density at radius 1 is 1.33 bits per heavy atom. The largest absolute Gasteiger partial charge is 0.477 e. The van der Waals surface area contributed by atoms with Gasteiger partial charge in [0.1, 0.15) is 9.77 Å². The van der Waals surface area contributed by atoms with Gasteiger partial charge >= 0.3 is 5.97 Å². The fraction of sp³-hybridized carbons (Fsp3) is 0.500. The summed E-state index contributed by atoms with van der Waals surface area (Å²) in [5, 5.41) is 10.4. The van der Waals surface area contributed by atoms with Crippen molar-refractivity contribution in [3.63, 3.8) is 0 Å². The molecular weight excluding hydrogens is 276 g/mol. The van der Waals surface area contributed by atoms with E-state index >= 15 is 0 Å². The molecule has 0 aliphatic carbocycles. The minimum absolute atomic E-state index is 0.138. The fourth-order valence-electron chi connectivity index (χ4n) is 1.29. The molecule has 0 saturated carbocycles. The van der Waals surface area contributed by atoms with Crippen LogP contribution in [0.25, 0.3) is 0 Å². The lowest BCUT2D eigenvalue weighted by atomic mass is 10.5. The number of aromatic carboxylic acids is 1. The zero-order chi connectivity index (χ0) is 13.9. The smallest absolute Gasteiger partial charge is 0.347 e. The van der Waals surface area contributed by atoms with Crippen molar-refractivity contribution in [2.45, 2.75) is 4.90 Å². The molecule has 18 heavy (non-hydrogen) atoms. The van der Waals surface area contributed by atoms with Crippen molar-refractivity contribution >= 4 is 27.3 Å². The molecule has 1 aromatic heterocycles. The summed E-state index contributed by atoms with van der Waals surface area (Å²) in [4.78, 5) is 12.5. The number of nitrogens with zero attached hydrogens (tertiary/aromatic N) is 2. The van der Waals surface area contributed by atoms with Gasteiger partial charge in [-0.1, -0.05) is 0 Å². The molecule has 6 nitrogen and oxygen atoms in total. The third-order valence-electron chi connectivity index (χ3n) is 2.37. The number of carbonyl (C=O) groups is 1. The number of carboxylic acid groups (broad SMARTS) is 1. The van der Waals surface area contributed by atoms with Crippen LogP contribution in [0.3, 0.4) is 0 Å². The third-order valence-corrected chi connectivity index (χ3v) is 5.30. The van der Waals surface area contributed by atoms with Gasteiger partial charge in [0.25, 0.3) is 0 Å². The fourth-order valence-corrected chi connectivity index (χ4v) is 3.68. The van der Waals surface area contributed by atoms with Crippen LogP contribution in [0.5, 0.6) is 0 Å². The minimum Gasteiger partial charge on any atom is -0.477 e. The summed E-state index contributed by atoms with van der Waals surface area (Å²) in [6.45, 7) is 0.881. The van der Waals surface area contributed by atoms with Crippen LogP contribution in [0, 0.1) is 0 Å². The molecule has 0 radical (unpaired) electrons. The zero-order valence-corrected chi connectivity index (χ0v) is 12.1. The molecule has 0 aromatic carbocycles. The number of thiophene rings is 1. The van der Waals surface area contributed by atoms with Crippen molar-refractivity contribution in [1.29, 1.82) is 0 Å². The molecule has 1 aromatic rings. The topological polar surface area (TPSA) is 77.9 Å². The molecule has 0 bridgehead atoms. The number of rotatable bonds is 6. The van der Waals surface area contributed by atoms with Crippen LogP contribution in [0.1, 0.15) is 9.67 Å². The molecule has 8 heteroatoms. The Bertz CT molecular complexity index is 522. The Morgan fingerprint density at radius 2 is 1.94 bits per heavy atom. The zero-order valence-electron chi connectivity index (χ0n) is 10.5. The molecule has 1 N–H and O–H groups in total. The summed E-state index contributed by atoms with van der Waals surface area (Å²) in [7, 11) is 1.40. The van der Waals surface area contributed by atoms with Crippen LogP contribution in [-0.4, -0.2) is 62.9 Å². The quantitative estimate of drug-likeness (QED) is 0.832. The summed E-state index contributed by atoms with van der Waals surface area (Å²) in [6, 6.07) is 1.33. The lowest BCUT2D eigenvalue weighted by Crippen LogP contribution is -2.33. The highest BCUT2D eigenvalue weighted by Gasteiger charge is 2.27. The Kier molecular flexibility index (Phi) is 4.85. The number of hydrogen-bond acceptors (Lipinski definition) is 5. The van der Waals surface area contributed by atoms with Gasteiger partial charge in [0.05, 0.1) is 0 Å². The number of sulfonamides is 1. The first-order chi connectivity index (χ1) is 8.26. The SMILES string of the molecule is CN(C)CCN(C)S(=O)(=O)c1ccsc1C(=O)O. The van der Waals surface area contributed by atoms with Crippen molar-refractivity contribution < 1.29 is 18.3 Å². The van der Waals surface area contributed by atoms with Gasteiger partial charge < -0.3 is 10.0 Å². The van der Waals surface area contributed by atoms with Gasteiger partial charge in [0, 0.05) is 20.1 Å². The van der Waals surface area contributed by atoms with Crippen LogP contribution in [0.15, 0.2) is 16.3 Å². The second-order valence-corrected chi connectivity index (χ2v) is 6.98. The van der Waals surface area contributed by atoms with E-state index in [-0.39, 0.29) is 9.77 Å². The van der Waals surface area contributed by atoms with E-state index in [2.05, 4.69) is 0 Å². The normalized spacial score (nSPS) is 12.3. The Labute approximate surface area is 110 Å². The van der Waals surface area contributed by atoms with Crippen LogP contribution in [0.4, 0.5) is 0 Å². The second kappa shape index (κ2) is 5.79. The predicted octanol–water partition coefficient (Wildman–Crippen LogP) is 0.628. The van der Waals surface area contributed by atoms with Crippen LogP contribution in [0.2, 0.25) is 0 Å². The standard InChI is InChI=1S/C10H16N2O4S2/c1-11(2)5-6-12(3)18(15,16)8-4-7-17-9(8)10(13)14/h4,7H,5-6H2,1-3H3,(H,13,14). The monoisotopic (exact) mass is 292 g/mol. The van der Waals surface area contributed by atoms with Crippen LogP contribution in [-0.2, 0) is 10.0 Å². The summed E-state index contributed by atoms with van der Waals surface area (Å²) >= 11 is 0.911. The van der Waals surface area contributed by atoms with Crippen molar-refractivity contribution in [3.8, 4) is 0 Å². The maximum atomic E-state index is 12.2. The number of likely N-dealkylation sites (N-methyl/N-ethyl adjacent to an activating group) is 2. The molecule has 0 aliphatic heterocycles. The molecule has 0 unspecified atom stereocenters. The van der Waals surface area contributed by atoms with E-state index in [1.54, 1.807) is 0 Å². The van der Waals surface area contributed by atoms with E-state index < -0.39 is 16.0 Å². The maximum Gasteiger partial charge on any atom is 0.347 e. The molecule has 0 amide bonds. The molecule has 1 heterocycles. The first-order valence-electron chi connectivity index (χ1n) is 5.18. The molecular formula is C10H16N2O4S2. The average Bonchev–Trinajstić information content (AvgIpc) is 2.74. The summed E-state index contributed by atoms with van der Waals surface area (Å²) in [5.41, 5.74) is 0. The van der Waals surface area contributed by atoms with Crippen molar-refractivity contribution in [2.75, 3.05) is 34.2 Å². The summed E-state index contributed by atoms with van der Waals surface area (Å²) < 4.78 is 25.5. The highest BCUT2D eigenvalue weighted by atomic mass is 32.2. The predicted molar refractivity (Wildman–Crippen MR) is 69.6 cm³/mol. The highest BCUT2D eigenvalue weighted by molar-refractivity contribution is 7.89. The molecule has 0 atom stereocenters. The van der Waals surface area contributed by atoms with Crippen molar-refractivity contribution in [2.24, 2.45) is 0 Å². The maximum absolute atomic E-state index is 12.2. The molecule has 1 rings (SSSR count). The van der Waals surface area contributed by atoms with Gasteiger partial charge in [-0.25, -0.2) is 13.2 Å². The third kappa shape index (κ3) is 3.29. The Hall–Kier alpha value is -0.960. The first kappa shape index (κ1) is 15.1. The van der Waals surface area contributed by atoms with E-state index in [0.717, 1.165) is 11.3 Å². The number of carboxylic acids is 1. The molecule has 0 aliphatic rings. The molecule has 0 fully saturated rings. The van der Waals surface area contributed by atoms with Crippen molar-refractivity contribution in [1.82, 2.24) is 9.21 Å². The minimum atomic E-state index is -3.73. The van der Waals surface area contributed by atoms with E-state index in [1.807, 2.05) is 19.0 Å². The van der Waals surface area contributed by atoms with Gasteiger partial charge in [-0.3, -0.25) is 0 Å². The lowest BCUT2D eigenvalue weighted by molar-refractivity contribution is 0.0698. The lowest BCUT2D eigenvalue weighted by Gasteiger charge is -2.19. The summed E-state index contributed by atoms with van der Waals surface area (Å²) in [5.74, 6) is -1.22. The van der Waals surface area contributed by atoms with Gasteiger partial charge in [-0.2, -0.15) is 4.31 Å². The van der Waals surface area contributed by atoms with Crippen LogP contribution < -0.4 is 0 Å². The first-order valence-corrected chi connectivity index (χ1v) is 7.50. The second-order valence-electron chi connectivity index (χ2n) is 4.05. The molecule has 0 saturated heterocycles. The van der Waals surface area contributed by atoms with Crippen molar-refractivity contribution in [3.05, 3.63) is 16.3 Å². The summed E-state index contributed by atoms with van der Waals surface area (Å²) in [6.07, 6.45) is 0. The Morgan fingerprint density at radius 3 is 2.44 bits per heavy atom. The van der Waals surface area contributed by atoms with E-state index in [4.69, 9.17) is 5.11 Å². The van der Waals surface area contributed by atoms with Crippen LogP contribution >= 0.6 is 11.3 Å². The van der Waals surface area contributed by atoms with E-state index in [1.165, 1.54) is 22.8 Å². The van der Waals surface area contributed by atoms with Gasteiger partial charge in [0.2, 0.25) is 10.0 Å². The Balaban J connectivity index is 2.99. The average molecular weight is 292 g/mol. The molecule has 102 valence electrons. The van der Waals surface area contributed by atoms with Gasteiger partial charge in [0.15, 0.2) is 0 Å². The highest BCUT2D eigenvalue weighted by Crippen LogP contribution is 2.24. The van der Waals surface area contributed by atoms with E-state index in [0.29, 0.717) is 13.1 Å².